The molecule has 0 aliphatic heterocycles. The van der Waals surface area contributed by atoms with Crippen molar-refractivity contribution in [2.24, 2.45) is 0 Å². The van der Waals surface area contributed by atoms with Gasteiger partial charge < -0.3 is 10.1 Å². The standard InChI is InChI=1S/C16H13ClN4O2/c17-12-4-6-14(7-5-12)23-9-15(22)20-13-3-1-2-11(8-13)16-18-10-19-21-16/h1-8,10H,9H2,(H,20,22)(H,18,19,21). The lowest BCUT2D eigenvalue weighted by Crippen LogP contribution is -2.20. The third-order valence-corrected chi connectivity index (χ3v) is 3.27. The van der Waals surface area contributed by atoms with Gasteiger partial charge in [-0.2, -0.15) is 5.10 Å². The second-order valence-corrected chi connectivity index (χ2v) is 5.14. The number of nitrogens with one attached hydrogen (secondary N) is 2. The molecule has 1 aromatic heterocycles. The van der Waals surface area contributed by atoms with Crippen molar-refractivity contribution in [2.75, 3.05) is 11.9 Å². The van der Waals surface area contributed by atoms with E-state index in [0.717, 1.165) is 5.56 Å². The number of carbonyl (C=O) groups is 1. The van der Waals surface area contributed by atoms with Crippen molar-refractivity contribution in [1.82, 2.24) is 15.2 Å². The third kappa shape index (κ3) is 4.08. The Morgan fingerprint density at radius 2 is 2.04 bits per heavy atom. The second kappa shape index (κ2) is 6.93. The van der Waals surface area contributed by atoms with Crippen molar-refractivity contribution in [1.29, 1.82) is 0 Å². The number of aromatic amines is 1. The molecule has 6 nitrogen and oxygen atoms in total. The molecule has 7 heteroatoms. The van der Waals surface area contributed by atoms with Crippen molar-refractivity contribution in [2.45, 2.75) is 0 Å². The van der Waals surface area contributed by atoms with Crippen molar-refractivity contribution in [3.05, 3.63) is 59.9 Å². The molecule has 1 amide bonds. The maximum absolute atomic E-state index is 12.0. The van der Waals surface area contributed by atoms with Crippen molar-refractivity contribution in [3.8, 4) is 17.1 Å². The summed E-state index contributed by atoms with van der Waals surface area (Å²) < 4.78 is 5.40. The Morgan fingerprint density at radius 3 is 2.78 bits per heavy atom. The van der Waals surface area contributed by atoms with E-state index < -0.39 is 0 Å². The van der Waals surface area contributed by atoms with Crippen LogP contribution in [0.25, 0.3) is 11.4 Å². The summed E-state index contributed by atoms with van der Waals surface area (Å²) in [6.45, 7) is -0.0891. The number of hydrogen-bond donors (Lipinski definition) is 2. The molecule has 0 saturated heterocycles. The predicted molar refractivity (Wildman–Crippen MR) is 87.4 cm³/mol. The van der Waals surface area contributed by atoms with E-state index in [9.17, 15) is 4.79 Å². The molecule has 116 valence electrons. The molecule has 3 aromatic rings. The van der Waals surface area contributed by atoms with E-state index in [2.05, 4.69) is 20.5 Å². The van der Waals surface area contributed by atoms with Crippen LogP contribution in [0.4, 0.5) is 5.69 Å². The molecule has 0 aliphatic carbocycles. The van der Waals surface area contributed by atoms with Gasteiger partial charge in [0.1, 0.15) is 12.1 Å². The minimum absolute atomic E-state index is 0.0891. The normalized spacial score (nSPS) is 10.3. The summed E-state index contributed by atoms with van der Waals surface area (Å²) in [4.78, 5) is 16.0. The molecule has 1 heterocycles. The lowest BCUT2D eigenvalue weighted by atomic mass is 10.2. The number of benzene rings is 2. The summed E-state index contributed by atoms with van der Waals surface area (Å²) in [5.74, 6) is 0.966. The quantitative estimate of drug-likeness (QED) is 0.754. The molecule has 2 aromatic carbocycles. The first kappa shape index (κ1) is 15.1. The Kier molecular flexibility index (Phi) is 4.54. The van der Waals surface area contributed by atoms with Crippen LogP contribution in [-0.4, -0.2) is 27.7 Å². The Balaban J connectivity index is 1.59. The summed E-state index contributed by atoms with van der Waals surface area (Å²) >= 11 is 5.79. The highest BCUT2D eigenvalue weighted by Crippen LogP contribution is 2.19. The number of aromatic nitrogens is 3. The van der Waals surface area contributed by atoms with Gasteiger partial charge in [0.15, 0.2) is 12.4 Å². The van der Waals surface area contributed by atoms with E-state index in [1.54, 1.807) is 36.4 Å². The Hall–Kier alpha value is -2.86. The number of H-pyrrole nitrogens is 1. The van der Waals surface area contributed by atoms with Gasteiger partial charge in [-0.3, -0.25) is 9.89 Å². The highest BCUT2D eigenvalue weighted by atomic mass is 35.5. The Labute approximate surface area is 137 Å². The Morgan fingerprint density at radius 1 is 1.22 bits per heavy atom. The number of nitrogens with zero attached hydrogens (tertiary/aromatic N) is 2. The molecule has 0 radical (unpaired) electrons. The zero-order valence-electron chi connectivity index (χ0n) is 12.0. The van der Waals surface area contributed by atoms with Crippen LogP contribution in [0.5, 0.6) is 5.75 Å². The first-order valence-corrected chi connectivity index (χ1v) is 7.22. The maximum Gasteiger partial charge on any atom is 0.262 e. The summed E-state index contributed by atoms with van der Waals surface area (Å²) in [6.07, 6.45) is 1.43. The number of halogens is 1. The topological polar surface area (TPSA) is 79.9 Å². The number of amides is 1. The molecular formula is C16H13ClN4O2. The molecule has 2 N–H and O–H groups in total. The third-order valence-electron chi connectivity index (χ3n) is 3.02. The molecule has 3 rings (SSSR count). The van der Waals surface area contributed by atoms with Gasteiger partial charge in [-0.25, -0.2) is 4.98 Å². The van der Waals surface area contributed by atoms with E-state index in [4.69, 9.17) is 16.3 Å². The van der Waals surface area contributed by atoms with Gasteiger partial charge in [0.05, 0.1) is 0 Å². The van der Waals surface area contributed by atoms with E-state index in [-0.39, 0.29) is 12.5 Å². The minimum atomic E-state index is -0.255. The van der Waals surface area contributed by atoms with Crippen molar-refractivity contribution < 1.29 is 9.53 Å². The van der Waals surface area contributed by atoms with Crippen molar-refractivity contribution >= 4 is 23.2 Å². The highest BCUT2D eigenvalue weighted by Gasteiger charge is 2.06. The fourth-order valence-electron chi connectivity index (χ4n) is 1.97. The van der Waals surface area contributed by atoms with Crippen LogP contribution in [-0.2, 0) is 4.79 Å². The van der Waals surface area contributed by atoms with Gasteiger partial charge in [-0.05, 0) is 36.4 Å². The van der Waals surface area contributed by atoms with Gasteiger partial charge in [0.2, 0.25) is 0 Å². The van der Waals surface area contributed by atoms with Gasteiger partial charge in [-0.15, -0.1) is 0 Å². The fourth-order valence-corrected chi connectivity index (χ4v) is 2.09. The largest absolute Gasteiger partial charge is 0.484 e. The van der Waals surface area contributed by atoms with Crippen LogP contribution in [0.3, 0.4) is 0 Å². The lowest BCUT2D eigenvalue weighted by molar-refractivity contribution is -0.118. The molecule has 0 fully saturated rings. The molecule has 0 aliphatic rings. The average Bonchev–Trinajstić information content (AvgIpc) is 3.09. The highest BCUT2D eigenvalue weighted by molar-refractivity contribution is 6.30. The molecule has 0 saturated carbocycles. The van der Waals surface area contributed by atoms with Crippen LogP contribution in [0.2, 0.25) is 5.02 Å². The zero-order chi connectivity index (χ0) is 16.1. The monoisotopic (exact) mass is 328 g/mol. The van der Waals surface area contributed by atoms with Gasteiger partial charge in [0, 0.05) is 16.3 Å². The zero-order valence-corrected chi connectivity index (χ0v) is 12.7. The second-order valence-electron chi connectivity index (χ2n) is 4.71. The predicted octanol–water partition coefficient (Wildman–Crippen LogP) is 3.14. The van der Waals surface area contributed by atoms with Crippen molar-refractivity contribution in [3.63, 3.8) is 0 Å². The van der Waals surface area contributed by atoms with Crippen LogP contribution < -0.4 is 10.1 Å². The molecule has 0 atom stereocenters. The first-order chi connectivity index (χ1) is 11.2. The van der Waals surface area contributed by atoms with E-state index in [1.807, 2.05) is 12.1 Å². The number of anilines is 1. The summed E-state index contributed by atoms with van der Waals surface area (Å²) in [7, 11) is 0. The summed E-state index contributed by atoms with van der Waals surface area (Å²) in [5.41, 5.74) is 1.49. The SMILES string of the molecule is O=C(COc1ccc(Cl)cc1)Nc1cccc(-c2ncn[nH]2)c1. The molecule has 0 bridgehead atoms. The van der Waals surface area contributed by atoms with Crippen LogP contribution in [0.15, 0.2) is 54.9 Å². The molecule has 23 heavy (non-hydrogen) atoms. The number of ether oxygens (including phenoxy) is 1. The van der Waals surface area contributed by atoms with Gasteiger partial charge in [-0.1, -0.05) is 23.7 Å². The van der Waals surface area contributed by atoms with Gasteiger partial charge >= 0.3 is 0 Å². The van der Waals surface area contributed by atoms with Crippen LogP contribution >= 0.6 is 11.6 Å². The lowest BCUT2D eigenvalue weighted by Gasteiger charge is -2.08. The van der Waals surface area contributed by atoms with Crippen LogP contribution in [0, 0.1) is 0 Å². The fraction of sp³-hybridized carbons (Fsp3) is 0.0625. The van der Waals surface area contributed by atoms with E-state index in [1.165, 1.54) is 6.33 Å². The average molecular weight is 329 g/mol. The summed E-state index contributed by atoms with van der Waals surface area (Å²) in [5, 5.41) is 9.97. The first-order valence-electron chi connectivity index (χ1n) is 6.85. The summed E-state index contributed by atoms with van der Waals surface area (Å²) in [6, 6.07) is 14.1. The Bertz CT molecular complexity index is 788. The van der Waals surface area contributed by atoms with Gasteiger partial charge in [0.25, 0.3) is 5.91 Å². The smallest absolute Gasteiger partial charge is 0.262 e. The number of carbonyl (C=O) groups excluding carboxylic acids is 1. The van der Waals surface area contributed by atoms with Crippen LogP contribution in [0.1, 0.15) is 0 Å². The molecule has 0 unspecified atom stereocenters. The molecular weight excluding hydrogens is 316 g/mol. The number of hydrogen-bond acceptors (Lipinski definition) is 4. The molecule has 0 spiro atoms. The maximum atomic E-state index is 12.0. The van der Waals surface area contributed by atoms with E-state index in [0.29, 0.717) is 22.3 Å². The minimum Gasteiger partial charge on any atom is -0.484 e. The number of rotatable bonds is 5. The van der Waals surface area contributed by atoms with E-state index >= 15 is 0 Å².